The van der Waals surface area contributed by atoms with E-state index < -0.39 is 0 Å². The normalized spacial score (nSPS) is 12.3. The quantitative estimate of drug-likeness (QED) is 0.466. The van der Waals surface area contributed by atoms with Crippen LogP contribution in [-0.4, -0.2) is 4.92 Å². The minimum absolute atomic E-state index is 0.136. The maximum atomic E-state index is 10.6. The molecule has 0 bridgehead atoms. The number of rotatable bonds is 4. The van der Waals surface area contributed by atoms with Gasteiger partial charge in [0.15, 0.2) is 0 Å². The van der Waals surface area contributed by atoms with Crippen LogP contribution in [0.25, 0.3) is 0 Å². The summed E-state index contributed by atoms with van der Waals surface area (Å²) < 4.78 is 0. The number of thiophene rings is 1. The zero-order valence-electron chi connectivity index (χ0n) is 9.80. The van der Waals surface area contributed by atoms with Crippen molar-refractivity contribution in [1.82, 2.24) is 0 Å². The van der Waals surface area contributed by atoms with Gasteiger partial charge in [0, 0.05) is 17.0 Å². The van der Waals surface area contributed by atoms with Gasteiger partial charge in [-0.05, 0) is 40.8 Å². The molecule has 0 amide bonds. The van der Waals surface area contributed by atoms with Crippen LogP contribution in [0.2, 0.25) is 0 Å². The third-order valence-electron chi connectivity index (χ3n) is 2.79. The van der Waals surface area contributed by atoms with E-state index in [0.29, 0.717) is 0 Å². The molecule has 0 saturated heterocycles. The highest BCUT2D eigenvalue weighted by Gasteiger charge is 2.12. The Kier molecular flexibility index (Phi) is 4.14. The van der Waals surface area contributed by atoms with Gasteiger partial charge in [-0.3, -0.25) is 10.1 Å². The minimum atomic E-state index is -0.377. The van der Waals surface area contributed by atoms with Gasteiger partial charge in [0.05, 0.1) is 4.92 Å². The largest absolute Gasteiger partial charge is 0.269 e. The molecule has 2 aromatic rings. The predicted molar refractivity (Wildman–Crippen MR) is 77.5 cm³/mol. The molecule has 0 aliphatic heterocycles. The van der Waals surface area contributed by atoms with Gasteiger partial charge in [0.2, 0.25) is 0 Å². The van der Waals surface area contributed by atoms with Gasteiger partial charge in [-0.15, -0.1) is 0 Å². The van der Waals surface area contributed by atoms with Crippen molar-refractivity contribution >= 4 is 33.0 Å². The Morgan fingerprint density at radius 1 is 1.33 bits per heavy atom. The van der Waals surface area contributed by atoms with Crippen molar-refractivity contribution in [3.8, 4) is 0 Å². The number of benzene rings is 1. The summed E-state index contributed by atoms with van der Waals surface area (Å²) >= 11 is 5.37. The molecule has 0 spiro atoms. The molecule has 0 aliphatic carbocycles. The number of hydrogen-bond donors (Lipinski definition) is 0. The highest BCUT2D eigenvalue weighted by molar-refractivity contribution is 9.09. The molecule has 94 valence electrons. The summed E-state index contributed by atoms with van der Waals surface area (Å²) in [6, 6.07) is 6.73. The van der Waals surface area contributed by atoms with Crippen molar-refractivity contribution in [2.24, 2.45) is 0 Å². The summed E-state index contributed by atoms with van der Waals surface area (Å²) in [5, 5.41) is 14.8. The van der Waals surface area contributed by atoms with Gasteiger partial charge in [-0.1, -0.05) is 28.1 Å². The molecule has 1 atom stereocenters. The Morgan fingerprint density at radius 2 is 2.00 bits per heavy atom. The second-order valence-electron chi connectivity index (χ2n) is 4.11. The molecule has 0 N–H and O–H groups in total. The topological polar surface area (TPSA) is 43.1 Å². The van der Waals surface area contributed by atoms with Crippen molar-refractivity contribution < 1.29 is 4.92 Å². The van der Waals surface area contributed by atoms with Crippen LogP contribution in [0.1, 0.15) is 21.5 Å². The van der Waals surface area contributed by atoms with Crippen molar-refractivity contribution in [3.63, 3.8) is 0 Å². The second-order valence-corrected chi connectivity index (χ2v) is 5.95. The van der Waals surface area contributed by atoms with Crippen LogP contribution in [0.3, 0.4) is 0 Å². The van der Waals surface area contributed by atoms with E-state index in [2.05, 4.69) is 33.6 Å². The Bertz CT molecular complexity index is 550. The number of aryl methyl sites for hydroxylation is 1. The van der Waals surface area contributed by atoms with Crippen molar-refractivity contribution in [3.05, 3.63) is 61.8 Å². The molecule has 0 fully saturated rings. The van der Waals surface area contributed by atoms with Crippen LogP contribution >= 0.6 is 27.3 Å². The molecular weight excluding hydrogens is 314 g/mol. The van der Waals surface area contributed by atoms with E-state index in [-0.39, 0.29) is 15.4 Å². The molecule has 0 radical (unpaired) electrons. The molecule has 1 aromatic heterocycles. The zero-order valence-corrected chi connectivity index (χ0v) is 12.2. The number of non-ortho nitro benzene ring substituents is 1. The van der Waals surface area contributed by atoms with Gasteiger partial charge in [0.25, 0.3) is 5.69 Å². The average Bonchev–Trinajstić information content (AvgIpc) is 2.76. The molecule has 3 nitrogen and oxygen atoms in total. The van der Waals surface area contributed by atoms with Crippen molar-refractivity contribution in [1.29, 1.82) is 0 Å². The zero-order chi connectivity index (χ0) is 13.1. The highest BCUT2D eigenvalue weighted by atomic mass is 79.9. The van der Waals surface area contributed by atoms with Crippen LogP contribution in [0.15, 0.2) is 35.0 Å². The molecular formula is C13H12BrNO2S. The van der Waals surface area contributed by atoms with E-state index in [1.807, 2.05) is 12.1 Å². The number of nitro groups is 1. The van der Waals surface area contributed by atoms with Crippen LogP contribution in [-0.2, 0) is 6.42 Å². The monoisotopic (exact) mass is 325 g/mol. The fourth-order valence-corrected chi connectivity index (χ4v) is 3.71. The third kappa shape index (κ3) is 2.97. The first-order valence-corrected chi connectivity index (χ1v) is 7.34. The van der Waals surface area contributed by atoms with E-state index in [1.54, 1.807) is 23.5 Å². The maximum Gasteiger partial charge on any atom is 0.269 e. The lowest BCUT2D eigenvalue weighted by atomic mass is 10.0. The lowest BCUT2D eigenvalue weighted by Crippen LogP contribution is -1.96. The first-order chi connectivity index (χ1) is 8.58. The molecule has 1 unspecified atom stereocenters. The van der Waals surface area contributed by atoms with E-state index in [4.69, 9.17) is 0 Å². The van der Waals surface area contributed by atoms with Gasteiger partial charge < -0.3 is 0 Å². The summed E-state index contributed by atoms with van der Waals surface area (Å²) in [5.41, 5.74) is 3.80. The first-order valence-electron chi connectivity index (χ1n) is 5.48. The van der Waals surface area contributed by atoms with Gasteiger partial charge >= 0.3 is 0 Å². The average molecular weight is 326 g/mol. The summed E-state index contributed by atoms with van der Waals surface area (Å²) in [4.78, 5) is 10.4. The molecule has 0 saturated carbocycles. The number of nitro benzene ring substituents is 1. The van der Waals surface area contributed by atoms with Gasteiger partial charge in [0.1, 0.15) is 0 Å². The number of alkyl halides is 1. The number of hydrogen-bond acceptors (Lipinski definition) is 3. The highest BCUT2D eigenvalue weighted by Crippen LogP contribution is 2.31. The third-order valence-corrected chi connectivity index (χ3v) is 4.49. The van der Waals surface area contributed by atoms with Gasteiger partial charge in [-0.25, -0.2) is 0 Å². The van der Waals surface area contributed by atoms with Crippen LogP contribution < -0.4 is 0 Å². The fourth-order valence-electron chi connectivity index (χ4n) is 1.76. The Hall–Kier alpha value is -1.20. The smallest absolute Gasteiger partial charge is 0.258 e. The summed E-state index contributed by atoms with van der Waals surface area (Å²) in [6.07, 6.45) is 0.829. The summed E-state index contributed by atoms with van der Waals surface area (Å²) in [6.45, 7) is 2.09. The lowest BCUT2D eigenvalue weighted by Gasteiger charge is -2.09. The molecule has 0 aliphatic rings. The lowest BCUT2D eigenvalue weighted by molar-refractivity contribution is -0.384. The Morgan fingerprint density at radius 3 is 2.50 bits per heavy atom. The SMILES string of the molecule is Cc1cscc1C(Br)Cc1ccc([N+](=O)[O-])cc1. The molecule has 18 heavy (non-hydrogen) atoms. The predicted octanol–water partition coefficient (Wildman–Crippen LogP) is 4.64. The fraction of sp³-hybridized carbons (Fsp3) is 0.231. The summed E-state index contributed by atoms with van der Waals surface area (Å²) in [5.74, 6) is 0. The maximum absolute atomic E-state index is 10.6. The Labute approximate surface area is 118 Å². The van der Waals surface area contributed by atoms with Gasteiger partial charge in [-0.2, -0.15) is 11.3 Å². The standard InChI is InChI=1S/C13H12BrNO2S/c1-9-7-18-8-12(9)13(14)6-10-2-4-11(5-3-10)15(16)17/h2-5,7-8,13H,6H2,1H3. The van der Waals surface area contributed by atoms with Crippen LogP contribution in [0, 0.1) is 17.0 Å². The van der Waals surface area contributed by atoms with Crippen LogP contribution in [0.4, 0.5) is 5.69 Å². The van der Waals surface area contributed by atoms with Crippen LogP contribution in [0.5, 0.6) is 0 Å². The molecule has 2 rings (SSSR count). The molecule has 5 heteroatoms. The minimum Gasteiger partial charge on any atom is -0.258 e. The van der Waals surface area contributed by atoms with Crippen molar-refractivity contribution in [2.75, 3.05) is 0 Å². The van der Waals surface area contributed by atoms with E-state index >= 15 is 0 Å². The molecule has 1 aromatic carbocycles. The summed E-state index contributed by atoms with van der Waals surface area (Å²) in [7, 11) is 0. The van der Waals surface area contributed by atoms with Crippen molar-refractivity contribution in [2.45, 2.75) is 18.2 Å². The van der Waals surface area contributed by atoms with E-state index in [0.717, 1.165) is 12.0 Å². The first kappa shape index (κ1) is 13.2. The van der Waals surface area contributed by atoms with E-state index in [1.165, 1.54) is 11.1 Å². The number of nitrogens with zero attached hydrogens (tertiary/aromatic N) is 1. The second kappa shape index (κ2) is 5.63. The molecule has 1 heterocycles. The Balaban J connectivity index is 2.10. The number of halogens is 1. The van der Waals surface area contributed by atoms with E-state index in [9.17, 15) is 10.1 Å².